The molecule has 1 aliphatic rings. The molecule has 0 amide bonds. The van der Waals surface area contributed by atoms with E-state index in [2.05, 4.69) is 6.92 Å². The van der Waals surface area contributed by atoms with E-state index in [1.54, 1.807) is 0 Å². The molecule has 0 aliphatic heterocycles. The number of para-hydroxylation sites is 2. The van der Waals surface area contributed by atoms with Crippen LogP contribution in [-0.4, -0.2) is 26.6 Å². The second-order valence-corrected chi connectivity index (χ2v) is 8.38. The van der Waals surface area contributed by atoms with Gasteiger partial charge in [-0.1, -0.05) is 51.2 Å². The van der Waals surface area contributed by atoms with Gasteiger partial charge < -0.3 is 15.0 Å². The van der Waals surface area contributed by atoms with E-state index >= 15 is 0 Å². The van der Waals surface area contributed by atoms with Crippen LogP contribution in [0.4, 0.5) is 5.82 Å². The van der Waals surface area contributed by atoms with Crippen LogP contribution >= 0.6 is 0 Å². The highest BCUT2D eigenvalue weighted by Gasteiger charge is 2.27. The van der Waals surface area contributed by atoms with Crippen molar-refractivity contribution in [3.63, 3.8) is 0 Å². The quantitative estimate of drug-likeness (QED) is 0.386. The van der Waals surface area contributed by atoms with E-state index in [-0.39, 0.29) is 12.1 Å². The third-order valence-electron chi connectivity index (χ3n) is 6.11. The van der Waals surface area contributed by atoms with E-state index in [9.17, 15) is 4.79 Å². The number of carbonyl (C=O) groups is 1. The van der Waals surface area contributed by atoms with Crippen LogP contribution in [0.3, 0.4) is 0 Å². The van der Waals surface area contributed by atoms with Gasteiger partial charge in [-0.25, -0.2) is 14.8 Å². The lowest BCUT2D eigenvalue weighted by molar-refractivity contribution is 0.0214. The second-order valence-electron chi connectivity index (χ2n) is 8.38. The van der Waals surface area contributed by atoms with Crippen LogP contribution in [0.25, 0.3) is 22.2 Å². The minimum Gasteiger partial charge on any atom is -0.459 e. The minimum absolute atomic E-state index is 0.0218. The van der Waals surface area contributed by atoms with E-state index in [0.717, 1.165) is 56.1 Å². The number of hydrogen-bond donors (Lipinski definition) is 1. The Morgan fingerprint density at radius 2 is 1.77 bits per heavy atom. The van der Waals surface area contributed by atoms with Crippen molar-refractivity contribution in [1.82, 2.24) is 14.5 Å². The molecule has 2 heterocycles. The van der Waals surface area contributed by atoms with E-state index in [1.807, 2.05) is 28.8 Å². The van der Waals surface area contributed by atoms with E-state index < -0.39 is 0 Å². The number of hydrogen-bond acceptors (Lipinski definition) is 5. The Bertz CT molecular complexity index is 1020. The average Bonchev–Trinajstić information content (AvgIpc) is 3.03. The summed E-state index contributed by atoms with van der Waals surface area (Å²) in [6.45, 7) is 2.94. The molecule has 1 fully saturated rings. The van der Waals surface area contributed by atoms with Crippen molar-refractivity contribution >= 4 is 34.0 Å². The number of unbranched alkanes of at least 4 members (excludes halogenated alkanes) is 4. The summed E-state index contributed by atoms with van der Waals surface area (Å²) in [5.41, 5.74) is 9.69. The van der Waals surface area contributed by atoms with Gasteiger partial charge in [0.2, 0.25) is 0 Å². The summed E-state index contributed by atoms with van der Waals surface area (Å²) in [6, 6.07) is 7.73. The number of rotatable bonds is 8. The first kappa shape index (κ1) is 20.6. The number of ether oxygens (including phenoxy) is 1. The summed E-state index contributed by atoms with van der Waals surface area (Å²) < 4.78 is 7.81. The zero-order valence-electron chi connectivity index (χ0n) is 17.9. The monoisotopic (exact) mass is 408 g/mol. The zero-order valence-corrected chi connectivity index (χ0v) is 17.9. The van der Waals surface area contributed by atoms with Gasteiger partial charge >= 0.3 is 5.97 Å². The molecular formula is C24H32N4O2. The summed E-state index contributed by atoms with van der Waals surface area (Å²) in [7, 11) is 0. The lowest BCUT2D eigenvalue weighted by Gasteiger charge is -2.21. The Balaban J connectivity index is 1.69. The third-order valence-corrected chi connectivity index (χ3v) is 6.11. The predicted molar refractivity (Wildman–Crippen MR) is 120 cm³/mol. The van der Waals surface area contributed by atoms with Crippen molar-refractivity contribution in [3.8, 4) is 0 Å². The molecule has 0 saturated heterocycles. The van der Waals surface area contributed by atoms with Gasteiger partial charge in [-0.3, -0.25) is 0 Å². The Morgan fingerprint density at radius 1 is 1.07 bits per heavy atom. The van der Waals surface area contributed by atoms with Crippen molar-refractivity contribution in [3.05, 3.63) is 29.8 Å². The van der Waals surface area contributed by atoms with Crippen molar-refractivity contribution in [2.24, 2.45) is 0 Å². The number of esters is 1. The standard InChI is InChI=1S/C24H32N4O2/c1-2-3-4-5-11-16-28-22(25)20(24(29)30-17-12-7-6-8-13-17)21-23(28)27-19-15-10-9-14-18(19)26-21/h9-10,14-15,17H,2-8,11-13,16,25H2,1H3. The number of carbonyl (C=O) groups excluding carboxylic acids is 1. The first-order chi connectivity index (χ1) is 14.7. The maximum Gasteiger partial charge on any atom is 0.344 e. The fraction of sp³-hybridized carbons (Fsp3) is 0.542. The van der Waals surface area contributed by atoms with Gasteiger partial charge in [-0.2, -0.15) is 0 Å². The zero-order chi connectivity index (χ0) is 20.9. The van der Waals surface area contributed by atoms with Gasteiger partial charge in [0.05, 0.1) is 11.0 Å². The van der Waals surface area contributed by atoms with Crippen LogP contribution in [0.5, 0.6) is 0 Å². The number of aryl methyl sites for hydroxylation is 1. The van der Waals surface area contributed by atoms with Crippen molar-refractivity contribution < 1.29 is 9.53 Å². The number of fused-ring (bicyclic) bond motifs is 2. The third kappa shape index (κ3) is 4.27. The normalized spacial score (nSPS) is 15.1. The summed E-state index contributed by atoms with van der Waals surface area (Å²) >= 11 is 0. The number of nitrogen functional groups attached to an aromatic ring is 1. The topological polar surface area (TPSA) is 83.0 Å². The van der Waals surface area contributed by atoms with E-state index in [4.69, 9.17) is 20.4 Å². The van der Waals surface area contributed by atoms with Crippen molar-refractivity contribution in [2.45, 2.75) is 83.8 Å². The molecule has 3 aromatic rings. The average molecular weight is 409 g/mol. The predicted octanol–water partition coefficient (Wildman–Crippen LogP) is 5.63. The minimum atomic E-state index is -0.362. The number of aromatic nitrogens is 3. The number of anilines is 1. The Morgan fingerprint density at radius 3 is 2.50 bits per heavy atom. The summed E-state index contributed by atoms with van der Waals surface area (Å²) in [5.74, 6) is 0.0651. The molecule has 1 saturated carbocycles. The largest absolute Gasteiger partial charge is 0.459 e. The van der Waals surface area contributed by atoms with Crippen molar-refractivity contribution in [2.75, 3.05) is 5.73 Å². The van der Waals surface area contributed by atoms with Crippen LogP contribution in [0, 0.1) is 0 Å². The number of nitrogens with two attached hydrogens (primary N) is 1. The van der Waals surface area contributed by atoms with Gasteiger partial charge in [0.25, 0.3) is 0 Å². The summed E-state index contributed by atoms with van der Waals surface area (Å²) in [4.78, 5) is 22.7. The lowest BCUT2D eigenvalue weighted by Crippen LogP contribution is -2.21. The van der Waals surface area contributed by atoms with Gasteiger partial charge in [0.1, 0.15) is 23.0 Å². The van der Waals surface area contributed by atoms with E-state index in [1.165, 1.54) is 25.7 Å². The summed E-state index contributed by atoms with van der Waals surface area (Å²) in [5, 5.41) is 0. The van der Waals surface area contributed by atoms with E-state index in [0.29, 0.717) is 22.5 Å². The first-order valence-electron chi connectivity index (χ1n) is 11.4. The molecule has 0 atom stereocenters. The number of nitrogens with zero attached hydrogens (tertiary/aromatic N) is 3. The molecular weight excluding hydrogens is 376 g/mol. The smallest absolute Gasteiger partial charge is 0.344 e. The highest BCUT2D eigenvalue weighted by atomic mass is 16.5. The first-order valence-corrected chi connectivity index (χ1v) is 11.4. The maximum atomic E-state index is 13.1. The fourth-order valence-electron chi connectivity index (χ4n) is 4.41. The van der Waals surface area contributed by atoms with Crippen LogP contribution in [0.1, 0.15) is 81.5 Å². The van der Waals surface area contributed by atoms with Crippen LogP contribution in [0.2, 0.25) is 0 Å². The van der Waals surface area contributed by atoms with Crippen LogP contribution < -0.4 is 5.73 Å². The molecule has 1 aliphatic carbocycles. The Hall–Kier alpha value is -2.63. The number of benzene rings is 1. The molecule has 0 unspecified atom stereocenters. The lowest BCUT2D eigenvalue weighted by atomic mass is 9.98. The van der Waals surface area contributed by atoms with Crippen LogP contribution in [-0.2, 0) is 11.3 Å². The molecule has 30 heavy (non-hydrogen) atoms. The molecule has 6 heteroatoms. The Kier molecular flexibility index (Phi) is 6.50. The molecule has 6 nitrogen and oxygen atoms in total. The fourth-order valence-corrected chi connectivity index (χ4v) is 4.41. The van der Waals surface area contributed by atoms with Gasteiger partial charge in [0.15, 0.2) is 5.65 Å². The second kappa shape index (κ2) is 9.45. The van der Waals surface area contributed by atoms with Gasteiger partial charge in [0, 0.05) is 6.54 Å². The van der Waals surface area contributed by atoms with Gasteiger partial charge in [-0.15, -0.1) is 0 Å². The highest BCUT2D eigenvalue weighted by Crippen LogP contribution is 2.30. The molecule has 2 aromatic heterocycles. The molecule has 0 spiro atoms. The van der Waals surface area contributed by atoms with Crippen molar-refractivity contribution in [1.29, 1.82) is 0 Å². The molecule has 0 radical (unpaired) electrons. The molecule has 4 rings (SSSR count). The maximum absolute atomic E-state index is 13.1. The molecule has 0 bridgehead atoms. The Labute approximate surface area is 177 Å². The summed E-state index contributed by atoms with van der Waals surface area (Å²) in [6.07, 6.45) is 11.1. The molecule has 160 valence electrons. The molecule has 1 aromatic carbocycles. The highest BCUT2D eigenvalue weighted by molar-refractivity contribution is 6.08. The SMILES string of the molecule is CCCCCCCn1c(N)c(C(=O)OC2CCCCC2)c2nc3ccccc3nc21. The molecule has 2 N–H and O–H groups in total. The van der Waals surface area contributed by atoms with Crippen LogP contribution in [0.15, 0.2) is 24.3 Å². The van der Waals surface area contributed by atoms with Gasteiger partial charge in [-0.05, 0) is 44.2 Å².